The molecule has 3 aromatic carbocycles. The Morgan fingerprint density at radius 2 is 1.67 bits per heavy atom. The predicted molar refractivity (Wildman–Crippen MR) is 135 cm³/mol. The minimum absolute atomic E-state index is 0.125. The fourth-order valence-electron chi connectivity index (χ4n) is 3.49. The molecule has 0 aliphatic heterocycles. The number of ether oxygens (including phenoxy) is 2. The lowest BCUT2D eigenvalue weighted by Crippen LogP contribution is -2.06. The summed E-state index contributed by atoms with van der Waals surface area (Å²) in [5.74, 6) is 0.841. The third kappa shape index (κ3) is 7.38. The Morgan fingerprint density at radius 3 is 2.28 bits per heavy atom. The van der Waals surface area contributed by atoms with Crippen molar-refractivity contribution in [2.75, 3.05) is 7.11 Å². The lowest BCUT2D eigenvalue weighted by atomic mass is 10.1. The fourth-order valence-corrected chi connectivity index (χ4v) is 3.49. The topological polar surface area (TPSA) is 30.5 Å². The zero-order valence-corrected chi connectivity index (χ0v) is 20.5. The first kappa shape index (κ1) is 26.9. The van der Waals surface area contributed by atoms with Gasteiger partial charge >= 0.3 is 6.18 Å². The van der Waals surface area contributed by atoms with Crippen LogP contribution in [0.2, 0.25) is 0 Å². The minimum Gasteiger partial charge on any atom is -0.496 e. The number of hydrogen-bond donors (Lipinski definition) is 1. The molecule has 0 amide bonds. The van der Waals surface area contributed by atoms with Gasteiger partial charge in [0.25, 0.3) is 0 Å². The molecule has 0 bridgehead atoms. The Kier molecular flexibility index (Phi) is 9.17. The lowest BCUT2D eigenvalue weighted by molar-refractivity contribution is -0.137. The average molecular weight is 500 g/mol. The van der Waals surface area contributed by atoms with Crippen molar-refractivity contribution < 1.29 is 27.0 Å². The minimum atomic E-state index is -4.37. The summed E-state index contributed by atoms with van der Waals surface area (Å²) < 4.78 is 62.9. The molecule has 3 nitrogen and oxygen atoms in total. The maximum atomic E-state index is 13.3. The largest absolute Gasteiger partial charge is 0.496 e. The van der Waals surface area contributed by atoms with E-state index in [1.807, 2.05) is 19.2 Å². The van der Waals surface area contributed by atoms with Crippen molar-refractivity contribution in [1.82, 2.24) is 5.32 Å². The molecule has 3 aromatic rings. The molecule has 1 N–H and O–H groups in total. The molecule has 7 heteroatoms. The van der Waals surface area contributed by atoms with Gasteiger partial charge in [0.1, 0.15) is 23.9 Å². The Balaban J connectivity index is 1.72. The van der Waals surface area contributed by atoms with E-state index in [2.05, 4.69) is 18.3 Å². The third-order valence-corrected chi connectivity index (χ3v) is 5.52. The van der Waals surface area contributed by atoms with Gasteiger partial charge < -0.3 is 14.8 Å². The van der Waals surface area contributed by atoms with E-state index >= 15 is 0 Å². The molecule has 0 aliphatic carbocycles. The highest BCUT2D eigenvalue weighted by molar-refractivity contribution is 5.72. The van der Waals surface area contributed by atoms with Crippen LogP contribution in [0.5, 0.6) is 11.5 Å². The van der Waals surface area contributed by atoms with Crippen molar-refractivity contribution in [3.8, 4) is 11.5 Å². The highest BCUT2D eigenvalue weighted by Crippen LogP contribution is 2.31. The standard InChI is InChI=1S/C29H29F4NO2/c1-4-5-6-27(22-9-13-24(30)14-10-22)34-18-20(2)26-16-15-25(17-28(26)35-3)36-19-21-7-11-23(12-8-21)29(31,32)33/h6-18,34H,4-5,19H2,1-3H3/b20-18+,27-6+. The lowest BCUT2D eigenvalue weighted by Gasteiger charge is -2.14. The van der Waals surface area contributed by atoms with Crippen LogP contribution in [0.3, 0.4) is 0 Å². The van der Waals surface area contributed by atoms with E-state index in [0.717, 1.165) is 47.4 Å². The number of rotatable bonds is 10. The van der Waals surface area contributed by atoms with E-state index in [9.17, 15) is 17.6 Å². The first-order chi connectivity index (χ1) is 17.2. The van der Waals surface area contributed by atoms with Crippen molar-refractivity contribution in [2.24, 2.45) is 0 Å². The number of methoxy groups -OCH3 is 1. The van der Waals surface area contributed by atoms with Crippen molar-refractivity contribution in [3.05, 3.63) is 107 Å². The van der Waals surface area contributed by atoms with Gasteiger partial charge in [-0.15, -0.1) is 0 Å². The number of halogens is 4. The van der Waals surface area contributed by atoms with Gasteiger partial charge in [0.15, 0.2) is 0 Å². The maximum Gasteiger partial charge on any atom is 0.416 e. The van der Waals surface area contributed by atoms with Gasteiger partial charge in [-0.3, -0.25) is 0 Å². The Bertz CT molecular complexity index is 1200. The number of allylic oxidation sites excluding steroid dienone is 2. The molecular weight excluding hydrogens is 470 g/mol. The van der Waals surface area contributed by atoms with Crippen LogP contribution in [0.25, 0.3) is 11.3 Å². The summed E-state index contributed by atoms with van der Waals surface area (Å²) in [5.41, 5.74) is 3.45. The van der Waals surface area contributed by atoms with Gasteiger partial charge in [-0.2, -0.15) is 13.2 Å². The van der Waals surface area contributed by atoms with E-state index in [1.54, 1.807) is 31.4 Å². The van der Waals surface area contributed by atoms with Gasteiger partial charge in [0.05, 0.1) is 12.7 Å². The predicted octanol–water partition coefficient (Wildman–Crippen LogP) is 8.22. The molecule has 0 aromatic heterocycles. The van der Waals surface area contributed by atoms with Crippen LogP contribution in [0.15, 0.2) is 79.0 Å². The van der Waals surface area contributed by atoms with Crippen LogP contribution in [-0.2, 0) is 12.8 Å². The molecule has 0 unspecified atom stereocenters. The number of benzene rings is 3. The quantitative estimate of drug-likeness (QED) is 0.285. The van der Waals surface area contributed by atoms with Crippen molar-refractivity contribution in [1.29, 1.82) is 0 Å². The normalized spacial score (nSPS) is 12.4. The van der Waals surface area contributed by atoms with Gasteiger partial charge in [0.2, 0.25) is 0 Å². The maximum absolute atomic E-state index is 13.3. The van der Waals surface area contributed by atoms with Crippen LogP contribution >= 0.6 is 0 Å². The van der Waals surface area contributed by atoms with E-state index in [-0.39, 0.29) is 12.4 Å². The first-order valence-electron chi connectivity index (χ1n) is 11.6. The molecule has 0 heterocycles. The van der Waals surface area contributed by atoms with Gasteiger partial charge in [-0.25, -0.2) is 4.39 Å². The monoisotopic (exact) mass is 499 g/mol. The highest BCUT2D eigenvalue weighted by Gasteiger charge is 2.29. The zero-order valence-electron chi connectivity index (χ0n) is 20.5. The molecule has 0 saturated heterocycles. The van der Waals surface area contributed by atoms with Crippen LogP contribution in [0, 0.1) is 5.82 Å². The van der Waals surface area contributed by atoms with Crippen molar-refractivity contribution in [3.63, 3.8) is 0 Å². The van der Waals surface area contributed by atoms with E-state index in [1.165, 1.54) is 24.3 Å². The second-order valence-corrected chi connectivity index (χ2v) is 8.23. The summed E-state index contributed by atoms with van der Waals surface area (Å²) in [6.45, 7) is 4.15. The van der Waals surface area contributed by atoms with E-state index in [4.69, 9.17) is 9.47 Å². The number of alkyl halides is 3. The Hall–Kier alpha value is -3.74. The smallest absolute Gasteiger partial charge is 0.416 e. The van der Waals surface area contributed by atoms with Crippen LogP contribution in [0.4, 0.5) is 17.6 Å². The summed E-state index contributed by atoms with van der Waals surface area (Å²) in [4.78, 5) is 0. The highest BCUT2D eigenvalue weighted by atomic mass is 19.4. The second kappa shape index (κ2) is 12.3. The molecule has 0 saturated carbocycles. The first-order valence-corrected chi connectivity index (χ1v) is 11.6. The second-order valence-electron chi connectivity index (χ2n) is 8.23. The summed E-state index contributed by atoms with van der Waals surface area (Å²) in [5, 5.41) is 3.33. The van der Waals surface area contributed by atoms with Gasteiger partial charge in [-0.05, 0) is 66.4 Å². The average Bonchev–Trinajstić information content (AvgIpc) is 2.87. The molecule has 36 heavy (non-hydrogen) atoms. The summed E-state index contributed by atoms with van der Waals surface area (Å²) >= 11 is 0. The summed E-state index contributed by atoms with van der Waals surface area (Å²) in [7, 11) is 1.56. The van der Waals surface area contributed by atoms with Gasteiger partial charge in [-0.1, -0.05) is 43.7 Å². The third-order valence-electron chi connectivity index (χ3n) is 5.52. The Morgan fingerprint density at radius 1 is 0.972 bits per heavy atom. The number of unbranched alkanes of at least 4 members (excludes halogenated alkanes) is 1. The molecule has 190 valence electrons. The molecule has 0 spiro atoms. The fraction of sp³-hybridized carbons (Fsp3) is 0.241. The molecule has 0 radical (unpaired) electrons. The molecule has 3 rings (SSSR count). The number of hydrogen-bond acceptors (Lipinski definition) is 3. The van der Waals surface area contributed by atoms with E-state index < -0.39 is 11.7 Å². The SMILES string of the molecule is CCC/C=C(/N/C=C(\C)c1ccc(OCc2ccc(C(F)(F)F)cc2)cc1OC)c1ccc(F)cc1. The molecule has 0 aliphatic rings. The van der Waals surface area contributed by atoms with Crippen LogP contribution < -0.4 is 14.8 Å². The van der Waals surface area contributed by atoms with E-state index in [0.29, 0.717) is 17.1 Å². The van der Waals surface area contributed by atoms with Crippen LogP contribution in [0.1, 0.15) is 48.9 Å². The molecular formula is C29H29F4NO2. The van der Waals surface area contributed by atoms with Crippen LogP contribution in [-0.4, -0.2) is 7.11 Å². The molecule has 0 atom stereocenters. The Labute approximate surface area is 209 Å². The zero-order chi connectivity index (χ0) is 26.1. The van der Waals surface area contributed by atoms with Gasteiger partial charge in [0, 0.05) is 23.5 Å². The number of nitrogens with one attached hydrogen (secondary N) is 1. The molecule has 0 fully saturated rings. The summed E-state index contributed by atoms with van der Waals surface area (Å²) in [6.07, 6.45) is 1.43. The van der Waals surface area contributed by atoms with Crippen molar-refractivity contribution in [2.45, 2.75) is 39.5 Å². The van der Waals surface area contributed by atoms with Crippen molar-refractivity contribution >= 4 is 11.3 Å². The summed E-state index contributed by atoms with van der Waals surface area (Å²) in [6, 6.07) is 16.6.